The van der Waals surface area contributed by atoms with Gasteiger partial charge in [-0.25, -0.2) is 4.79 Å². The molecule has 0 unspecified atom stereocenters. The summed E-state index contributed by atoms with van der Waals surface area (Å²) in [4.78, 5) is 10.7. The second-order valence-electron chi connectivity index (χ2n) is 4.51. The predicted molar refractivity (Wildman–Crippen MR) is 78.6 cm³/mol. The van der Waals surface area contributed by atoms with E-state index in [1.807, 2.05) is 30.3 Å². The molecule has 106 valence electrons. The first-order valence-corrected chi connectivity index (χ1v) is 6.40. The maximum absolute atomic E-state index is 10.7. The van der Waals surface area contributed by atoms with Crippen molar-refractivity contribution in [3.8, 4) is 5.75 Å². The van der Waals surface area contributed by atoms with Crippen LogP contribution in [-0.2, 0) is 6.61 Å². The molecule has 1 aromatic heterocycles. The van der Waals surface area contributed by atoms with Gasteiger partial charge in [0.15, 0.2) is 0 Å². The van der Waals surface area contributed by atoms with Crippen molar-refractivity contribution in [2.75, 3.05) is 5.32 Å². The quantitative estimate of drug-likeness (QED) is 0.756. The summed E-state index contributed by atoms with van der Waals surface area (Å²) in [6.07, 6.45) is 0.252. The van der Waals surface area contributed by atoms with Crippen LogP contribution in [0.25, 0.3) is 11.0 Å². The van der Waals surface area contributed by atoms with Crippen LogP contribution in [0.5, 0.6) is 5.75 Å². The summed E-state index contributed by atoms with van der Waals surface area (Å²) in [5.74, 6) is 0.669. The molecule has 0 radical (unpaired) electrons. The van der Waals surface area contributed by atoms with Gasteiger partial charge in [0.25, 0.3) is 0 Å². The number of anilines is 1. The van der Waals surface area contributed by atoms with Crippen molar-refractivity contribution in [1.82, 2.24) is 0 Å². The molecule has 0 fully saturated rings. The number of amides is 1. The van der Waals surface area contributed by atoms with Gasteiger partial charge in [-0.2, -0.15) is 0 Å². The SMILES string of the molecule is O=C(O)Nc1coc2cc(OCc3ccccc3)ccc12. The van der Waals surface area contributed by atoms with Crippen molar-refractivity contribution in [3.05, 3.63) is 60.4 Å². The second kappa shape index (κ2) is 5.58. The highest BCUT2D eigenvalue weighted by atomic mass is 16.5. The molecule has 0 saturated heterocycles. The number of nitrogens with one attached hydrogen (secondary N) is 1. The van der Waals surface area contributed by atoms with Gasteiger partial charge in [0.1, 0.15) is 24.2 Å². The molecule has 0 saturated carbocycles. The van der Waals surface area contributed by atoms with Gasteiger partial charge in [0.2, 0.25) is 0 Å². The summed E-state index contributed by atoms with van der Waals surface area (Å²) in [6.45, 7) is 0.466. The Morgan fingerprint density at radius 1 is 1.19 bits per heavy atom. The molecule has 5 heteroatoms. The lowest BCUT2D eigenvalue weighted by Crippen LogP contribution is -2.06. The number of ether oxygens (including phenoxy) is 1. The van der Waals surface area contributed by atoms with Gasteiger partial charge in [-0.3, -0.25) is 5.32 Å². The van der Waals surface area contributed by atoms with E-state index in [4.69, 9.17) is 14.3 Å². The number of rotatable bonds is 4. The van der Waals surface area contributed by atoms with Gasteiger partial charge in [0.05, 0.1) is 5.69 Å². The van der Waals surface area contributed by atoms with Crippen molar-refractivity contribution in [3.63, 3.8) is 0 Å². The van der Waals surface area contributed by atoms with Crippen molar-refractivity contribution in [1.29, 1.82) is 0 Å². The normalized spacial score (nSPS) is 10.5. The zero-order valence-corrected chi connectivity index (χ0v) is 11.1. The van der Waals surface area contributed by atoms with Gasteiger partial charge in [-0.15, -0.1) is 0 Å². The zero-order chi connectivity index (χ0) is 14.7. The summed E-state index contributed by atoms with van der Waals surface area (Å²) >= 11 is 0. The van der Waals surface area contributed by atoms with Crippen molar-refractivity contribution in [2.24, 2.45) is 0 Å². The number of carboxylic acid groups (broad SMARTS) is 1. The summed E-state index contributed by atoms with van der Waals surface area (Å²) < 4.78 is 11.0. The first kappa shape index (κ1) is 13.1. The minimum atomic E-state index is -1.12. The summed E-state index contributed by atoms with van der Waals surface area (Å²) in [7, 11) is 0. The van der Waals surface area contributed by atoms with Gasteiger partial charge in [-0.05, 0) is 17.7 Å². The Kier molecular flexibility index (Phi) is 3.47. The second-order valence-corrected chi connectivity index (χ2v) is 4.51. The molecule has 2 N–H and O–H groups in total. The molecule has 0 atom stereocenters. The predicted octanol–water partition coefficient (Wildman–Crippen LogP) is 4.10. The van der Waals surface area contributed by atoms with Crippen LogP contribution in [0.4, 0.5) is 10.5 Å². The highest BCUT2D eigenvalue weighted by Gasteiger charge is 2.09. The number of hydrogen-bond acceptors (Lipinski definition) is 3. The lowest BCUT2D eigenvalue weighted by Gasteiger charge is -2.06. The van der Waals surface area contributed by atoms with Crippen molar-refractivity contribution in [2.45, 2.75) is 6.61 Å². The number of hydrogen-bond donors (Lipinski definition) is 2. The van der Waals surface area contributed by atoms with Gasteiger partial charge >= 0.3 is 6.09 Å². The molecule has 0 aliphatic rings. The van der Waals surface area contributed by atoms with Crippen molar-refractivity contribution >= 4 is 22.7 Å². The summed E-state index contributed by atoms with van der Waals surface area (Å²) in [6, 6.07) is 15.1. The largest absolute Gasteiger partial charge is 0.489 e. The molecule has 2 aromatic carbocycles. The Balaban J connectivity index is 1.77. The third-order valence-electron chi connectivity index (χ3n) is 3.04. The Morgan fingerprint density at radius 3 is 2.76 bits per heavy atom. The van der Waals surface area contributed by atoms with Crippen LogP contribution in [0.2, 0.25) is 0 Å². The number of furan rings is 1. The van der Waals surface area contributed by atoms with Gasteiger partial charge < -0.3 is 14.3 Å². The fourth-order valence-electron chi connectivity index (χ4n) is 2.05. The molecule has 0 aliphatic heterocycles. The third kappa shape index (κ3) is 2.97. The molecule has 21 heavy (non-hydrogen) atoms. The topological polar surface area (TPSA) is 71.7 Å². The highest BCUT2D eigenvalue weighted by Crippen LogP contribution is 2.29. The van der Waals surface area contributed by atoms with E-state index in [9.17, 15) is 4.79 Å². The molecule has 1 amide bonds. The number of benzene rings is 2. The summed E-state index contributed by atoms with van der Waals surface area (Å²) in [5, 5.41) is 11.7. The van der Waals surface area contributed by atoms with Gasteiger partial charge in [-0.1, -0.05) is 30.3 Å². The number of carbonyl (C=O) groups is 1. The highest BCUT2D eigenvalue weighted by molar-refractivity contribution is 5.98. The van der Waals surface area contributed by atoms with Crippen molar-refractivity contribution < 1.29 is 19.1 Å². The lowest BCUT2D eigenvalue weighted by molar-refractivity contribution is 0.209. The van der Waals surface area contributed by atoms with E-state index in [2.05, 4.69) is 5.32 Å². The van der Waals surface area contributed by atoms with E-state index >= 15 is 0 Å². The van der Waals surface area contributed by atoms with Crippen LogP contribution in [0.1, 0.15) is 5.56 Å². The Bertz CT molecular complexity index is 764. The molecular formula is C16H13NO4. The first-order valence-electron chi connectivity index (χ1n) is 6.40. The van der Waals surface area contributed by atoms with Crippen LogP contribution in [0.15, 0.2) is 59.2 Å². The average Bonchev–Trinajstić information content (AvgIpc) is 2.88. The molecule has 1 heterocycles. The fraction of sp³-hybridized carbons (Fsp3) is 0.0625. The molecule has 5 nitrogen and oxygen atoms in total. The molecule has 3 aromatic rings. The fourth-order valence-corrected chi connectivity index (χ4v) is 2.05. The molecule has 0 bridgehead atoms. The van der Waals surface area contributed by atoms with Crippen LogP contribution in [-0.4, -0.2) is 11.2 Å². The van der Waals surface area contributed by atoms with Crippen LogP contribution >= 0.6 is 0 Å². The minimum absolute atomic E-state index is 0.423. The first-order chi connectivity index (χ1) is 10.2. The molecule has 0 spiro atoms. The lowest BCUT2D eigenvalue weighted by atomic mass is 10.2. The Hall–Kier alpha value is -2.95. The van der Waals surface area contributed by atoms with E-state index < -0.39 is 6.09 Å². The van der Waals surface area contributed by atoms with E-state index in [1.165, 1.54) is 6.26 Å². The maximum Gasteiger partial charge on any atom is 0.409 e. The Labute approximate surface area is 120 Å². The van der Waals surface area contributed by atoms with Crippen LogP contribution < -0.4 is 10.1 Å². The third-order valence-corrected chi connectivity index (χ3v) is 3.04. The molecule has 0 aliphatic carbocycles. The average molecular weight is 283 g/mol. The molecular weight excluding hydrogens is 270 g/mol. The minimum Gasteiger partial charge on any atom is -0.489 e. The van der Waals surface area contributed by atoms with Gasteiger partial charge in [0, 0.05) is 11.5 Å². The standard InChI is InChI=1S/C16H13NO4/c18-16(19)17-14-10-21-15-8-12(6-7-13(14)15)20-9-11-4-2-1-3-5-11/h1-8,10,17H,9H2,(H,18,19). The smallest absolute Gasteiger partial charge is 0.409 e. The van der Waals surface area contributed by atoms with E-state index in [1.54, 1.807) is 18.2 Å². The van der Waals surface area contributed by atoms with E-state index in [-0.39, 0.29) is 0 Å². The van der Waals surface area contributed by atoms with E-state index in [0.717, 1.165) is 5.56 Å². The maximum atomic E-state index is 10.7. The molecule has 3 rings (SSSR count). The zero-order valence-electron chi connectivity index (χ0n) is 11.1. The van der Waals surface area contributed by atoms with E-state index in [0.29, 0.717) is 29.0 Å². The number of fused-ring (bicyclic) bond motifs is 1. The van der Waals surface area contributed by atoms with Crippen LogP contribution in [0, 0.1) is 0 Å². The Morgan fingerprint density at radius 2 is 2.00 bits per heavy atom. The summed E-state index contributed by atoms with van der Waals surface area (Å²) in [5.41, 5.74) is 2.07. The van der Waals surface area contributed by atoms with Crippen LogP contribution in [0.3, 0.4) is 0 Å². The monoisotopic (exact) mass is 283 g/mol.